The molecule has 0 aromatic carbocycles. The van der Waals surface area contributed by atoms with Gasteiger partial charge in [-0.05, 0) is 95.0 Å². The van der Waals surface area contributed by atoms with Crippen molar-refractivity contribution in [1.29, 1.82) is 0 Å². The second-order valence-electron chi connectivity index (χ2n) is 12.8. The Morgan fingerprint density at radius 1 is 1.12 bits per heavy atom. The first-order valence-corrected chi connectivity index (χ1v) is 13.1. The van der Waals surface area contributed by atoms with E-state index in [0.717, 1.165) is 31.3 Å². The highest BCUT2D eigenvalue weighted by Gasteiger charge is 2.78. The molecule has 0 amide bonds. The molecule has 0 spiro atoms. The summed E-state index contributed by atoms with van der Waals surface area (Å²) in [4.78, 5) is 25.7. The summed E-state index contributed by atoms with van der Waals surface area (Å²) >= 11 is 0. The number of fused-ring (bicyclic) bond motifs is 8. The van der Waals surface area contributed by atoms with Crippen molar-refractivity contribution in [1.82, 2.24) is 0 Å². The molecule has 0 aromatic rings. The third-order valence-corrected chi connectivity index (χ3v) is 11.6. The van der Waals surface area contributed by atoms with Crippen LogP contribution in [-0.4, -0.2) is 51.5 Å². The molecule has 4 fully saturated rings. The molecule has 3 saturated carbocycles. The molecule has 2 N–H and O–H groups in total. The molecule has 34 heavy (non-hydrogen) atoms. The number of carbonyl (C=O) groups is 2. The number of hydrogen-bond donors (Lipinski definition) is 2. The van der Waals surface area contributed by atoms with E-state index in [4.69, 9.17) is 9.47 Å². The minimum Gasteiger partial charge on any atom is -0.456 e. The van der Waals surface area contributed by atoms with Crippen molar-refractivity contribution in [3.8, 4) is 0 Å². The zero-order valence-electron chi connectivity index (χ0n) is 21.0. The van der Waals surface area contributed by atoms with Crippen LogP contribution in [0.1, 0.15) is 73.1 Å². The molecule has 2 heterocycles. The number of cyclic esters (lactones) is 1. The number of epoxide rings is 1. The van der Waals surface area contributed by atoms with Crippen LogP contribution in [0.5, 0.6) is 0 Å². The van der Waals surface area contributed by atoms with Gasteiger partial charge in [0.2, 0.25) is 0 Å². The van der Waals surface area contributed by atoms with Gasteiger partial charge in [0.05, 0.1) is 11.5 Å². The molecule has 4 aliphatic carbocycles. The topological polar surface area (TPSA) is 96.4 Å². The lowest BCUT2D eigenvalue weighted by Crippen LogP contribution is -2.67. The Kier molecular flexibility index (Phi) is 4.61. The van der Waals surface area contributed by atoms with Crippen molar-refractivity contribution in [2.45, 2.75) is 103 Å². The van der Waals surface area contributed by atoms with Crippen LogP contribution in [0.25, 0.3) is 0 Å². The van der Waals surface area contributed by atoms with Gasteiger partial charge in [0.1, 0.15) is 23.4 Å². The van der Waals surface area contributed by atoms with Gasteiger partial charge in [-0.1, -0.05) is 18.6 Å². The molecular weight excluding hydrogens is 432 g/mol. The van der Waals surface area contributed by atoms with Crippen LogP contribution >= 0.6 is 0 Å². The number of esters is 1. The van der Waals surface area contributed by atoms with Crippen LogP contribution in [0.2, 0.25) is 0 Å². The van der Waals surface area contributed by atoms with Crippen LogP contribution in [0.3, 0.4) is 0 Å². The summed E-state index contributed by atoms with van der Waals surface area (Å²) in [5.74, 6) is 0.263. The molecule has 186 valence electrons. The third kappa shape index (κ3) is 2.58. The standard InChI is InChI=1S/C28H38O6/c1-14-13-20(33-24(30)15(14)2)27(5,31)18-9-8-16-21-17(10-12-25(16,18)3)26(4)19(29)7-6-11-28(26,32)23-22(21)34-23/h6-7,16-18,20-23,31-32H,8-13H2,1-5H3/t16-,17-,18-,20+,21-,22-,23-,25-,26-,27+,28+/m0/s1. The van der Waals surface area contributed by atoms with Gasteiger partial charge in [-0.2, -0.15) is 0 Å². The van der Waals surface area contributed by atoms with Crippen LogP contribution in [0.4, 0.5) is 0 Å². The maximum Gasteiger partial charge on any atom is 0.334 e. The zero-order valence-corrected chi connectivity index (χ0v) is 21.0. The van der Waals surface area contributed by atoms with Gasteiger partial charge in [0, 0.05) is 12.0 Å². The fraction of sp³-hybridized carbons (Fsp3) is 0.786. The second-order valence-corrected chi connectivity index (χ2v) is 12.8. The smallest absolute Gasteiger partial charge is 0.334 e. The van der Waals surface area contributed by atoms with E-state index in [1.54, 1.807) is 13.0 Å². The summed E-state index contributed by atoms with van der Waals surface area (Å²) in [6.07, 6.45) is 7.18. The van der Waals surface area contributed by atoms with Gasteiger partial charge in [0.15, 0.2) is 5.78 Å². The van der Waals surface area contributed by atoms with Gasteiger partial charge in [-0.25, -0.2) is 4.79 Å². The lowest BCUT2D eigenvalue weighted by molar-refractivity contribution is -0.195. The number of ether oxygens (including phenoxy) is 2. The van der Waals surface area contributed by atoms with E-state index in [0.29, 0.717) is 24.3 Å². The Balaban J connectivity index is 1.33. The molecule has 1 saturated heterocycles. The summed E-state index contributed by atoms with van der Waals surface area (Å²) < 4.78 is 12.0. The van der Waals surface area contributed by atoms with Crippen LogP contribution in [0, 0.1) is 34.5 Å². The van der Waals surface area contributed by atoms with E-state index in [1.165, 1.54) is 0 Å². The first-order chi connectivity index (χ1) is 15.9. The van der Waals surface area contributed by atoms with Crippen LogP contribution in [-0.2, 0) is 19.1 Å². The first kappa shape index (κ1) is 22.9. The fourth-order valence-corrected chi connectivity index (χ4v) is 9.36. The normalized spacial score (nSPS) is 53.3. The van der Waals surface area contributed by atoms with Crippen molar-refractivity contribution < 1.29 is 29.3 Å². The predicted octanol–water partition coefficient (Wildman–Crippen LogP) is 3.50. The van der Waals surface area contributed by atoms with E-state index in [1.807, 2.05) is 26.8 Å². The van der Waals surface area contributed by atoms with Crippen molar-refractivity contribution in [3.05, 3.63) is 23.3 Å². The van der Waals surface area contributed by atoms with Crippen molar-refractivity contribution in [2.75, 3.05) is 0 Å². The average molecular weight is 471 g/mol. The summed E-state index contributed by atoms with van der Waals surface area (Å²) in [6.45, 7) is 9.86. The van der Waals surface area contributed by atoms with E-state index < -0.39 is 22.7 Å². The van der Waals surface area contributed by atoms with E-state index in [9.17, 15) is 19.8 Å². The molecule has 0 bridgehead atoms. The van der Waals surface area contributed by atoms with Crippen molar-refractivity contribution >= 4 is 11.8 Å². The summed E-state index contributed by atoms with van der Waals surface area (Å²) in [7, 11) is 0. The number of hydrogen-bond acceptors (Lipinski definition) is 6. The highest BCUT2D eigenvalue weighted by atomic mass is 16.6. The lowest BCUT2D eigenvalue weighted by atomic mass is 9.43. The summed E-state index contributed by atoms with van der Waals surface area (Å²) in [6, 6.07) is 0. The maximum absolute atomic E-state index is 13.3. The molecule has 6 nitrogen and oxygen atoms in total. The third-order valence-electron chi connectivity index (χ3n) is 11.6. The molecule has 6 aliphatic rings. The average Bonchev–Trinajstić information content (AvgIpc) is 3.49. The monoisotopic (exact) mass is 470 g/mol. The molecule has 6 rings (SSSR count). The van der Waals surface area contributed by atoms with E-state index in [-0.39, 0.29) is 47.1 Å². The molecule has 2 aliphatic heterocycles. The number of rotatable bonds is 2. The molecule has 0 radical (unpaired) electrons. The van der Waals surface area contributed by atoms with Crippen molar-refractivity contribution in [2.24, 2.45) is 34.5 Å². The highest BCUT2D eigenvalue weighted by molar-refractivity contribution is 5.97. The van der Waals surface area contributed by atoms with Gasteiger partial charge in [0.25, 0.3) is 0 Å². The van der Waals surface area contributed by atoms with Gasteiger partial charge < -0.3 is 19.7 Å². The SMILES string of the molecule is CC1=C(C)C(=O)O[C@@H]([C@](C)(O)[C@H]2CC[C@H]3[C@@H]4[C@@H]5O[C@@H]5[C@]5(O)CC=CC(=O)[C@]5(C)[C@H]4CC[C@]23C)C1. The number of ketones is 1. The molecule has 11 atom stereocenters. The fourth-order valence-electron chi connectivity index (χ4n) is 9.36. The molecule has 6 heteroatoms. The lowest BCUT2D eigenvalue weighted by Gasteiger charge is -2.60. The largest absolute Gasteiger partial charge is 0.456 e. The maximum atomic E-state index is 13.3. The minimum absolute atomic E-state index is 0.0114. The first-order valence-electron chi connectivity index (χ1n) is 13.1. The van der Waals surface area contributed by atoms with E-state index in [2.05, 4.69) is 6.92 Å². The Hall–Kier alpha value is -1.50. The number of aliphatic hydroxyl groups is 2. The minimum atomic E-state index is -1.14. The number of carbonyl (C=O) groups excluding carboxylic acids is 2. The Labute approximate surface area is 201 Å². The summed E-state index contributed by atoms with van der Waals surface area (Å²) in [5, 5.41) is 23.6. The molecule has 0 unspecified atom stereocenters. The number of allylic oxidation sites excluding steroid dienone is 1. The van der Waals surface area contributed by atoms with Gasteiger partial charge >= 0.3 is 5.97 Å². The van der Waals surface area contributed by atoms with Crippen LogP contribution in [0.15, 0.2) is 23.3 Å². The quantitative estimate of drug-likeness (QED) is 0.474. The van der Waals surface area contributed by atoms with Gasteiger partial charge in [-0.3, -0.25) is 4.79 Å². The van der Waals surface area contributed by atoms with Crippen LogP contribution < -0.4 is 0 Å². The predicted molar refractivity (Wildman–Crippen MR) is 125 cm³/mol. The molecule has 0 aromatic heterocycles. The Morgan fingerprint density at radius 3 is 2.56 bits per heavy atom. The second kappa shape index (κ2) is 6.83. The molecular formula is C28H38O6. The van der Waals surface area contributed by atoms with E-state index >= 15 is 0 Å². The van der Waals surface area contributed by atoms with Gasteiger partial charge in [-0.15, -0.1) is 0 Å². The Morgan fingerprint density at radius 2 is 1.85 bits per heavy atom. The zero-order chi connectivity index (χ0) is 24.4. The van der Waals surface area contributed by atoms with Crippen molar-refractivity contribution in [3.63, 3.8) is 0 Å². The highest BCUT2D eigenvalue weighted by Crippen LogP contribution is 2.72. The Bertz CT molecular complexity index is 1030. The summed E-state index contributed by atoms with van der Waals surface area (Å²) in [5.41, 5.74) is -1.60.